The van der Waals surface area contributed by atoms with Crippen LogP contribution in [0.3, 0.4) is 0 Å². The largest absolute Gasteiger partial charge is 0.458 e. The van der Waals surface area contributed by atoms with E-state index >= 15 is 0 Å². The van der Waals surface area contributed by atoms with Crippen molar-refractivity contribution in [1.29, 1.82) is 0 Å². The molecule has 1 fully saturated rings. The number of sulfonamides is 1. The van der Waals surface area contributed by atoms with E-state index < -0.39 is 27.7 Å². The second-order valence-electron chi connectivity index (χ2n) is 6.35. The van der Waals surface area contributed by atoms with Crippen molar-refractivity contribution in [2.24, 2.45) is 0 Å². The molecule has 2 N–H and O–H groups in total. The first-order chi connectivity index (χ1) is 12.1. The SMILES string of the molecule is CC(O)(CNC(=O)N1CCN(S(C)(=O)=O)C1=O)c1cc2ccccc2o1. The van der Waals surface area contributed by atoms with Crippen LogP contribution in [0.1, 0.15) is 12.7 Å². The van der Waals surface area contributed by atoms with Crippen LogP contribution in [-0.2, 0) is 15.6 Å². The average Bonchev–Trinajstić information content (AvgIpc) is 3.16. The van der Waals surface area contributed by atoms with Crippen LogP contribution < -0.4 is 5.32 Å². The molecule has 1 atom stereocenters. The van der Waals surface area contributed by atoms with Crippen LogP contribution in [0.2, 0.25) is 0 Å². The van der Waals surface area contributed by atoms with Gasteiger partial charge >= 0.3 is 12.1 Å². The second-order valence-corrected chi connectivity index (χ2v) is 8.26. The van der Waals surface area contributed by atoms with Gasteiger partial charge in [0.1, 0.15) is 16.9 Å². The van der Waals surface area contributed by atoms with E-state index in [2.05, 4.69) is 5.32 Å². The van der Waals surface area contributed by atoms with Gasteiger partial charge in [-0.2, -0.15) is 0 Å². The highest BCUT2D eigenvalue weighted by molar-refractivity contribution is 7.88. The molecular formula is C16H19N3O6S. The molecule has 0 spiro atoms. The molecule has 2 heterocycles. The third-order valence-corrected chi connectivity index (χ3v) is 5.30. The van der Waals surface area contributed by atoms with Crippen molar-refractivity contribution in [3.05, 3.63) is 36.1 Å². The van der Waals surface area contributed by atoms with Crippen molar-refractivity contribution < 1.29 is 27.5 Å². The fourth-order valence-electron chi connectivity index (χ4n) is 2.69. The van der Waals surface area contributed by atoms with Gasteiger partial charge in [0.2, 0.25) is 10.0 Å². The molecule has 0 aliphatic carbocycles. The Morgan fingerprint density at radius 3 is 2.65 bits per heavy atom. The molecule has 0 bridgehead atoms. The van der Waals surface area contributed by atoms with Gasteiger partial charge in [-0.3, -0.25) is 0 Å². The average molecular weight is 381 g/mol. The lowest BCUT2D eigenvalue weighted by molar-refractivity contribution is 0.0374. The van der Waals surface area contributed by atoms with Gasteiger partial charge in [-0.15, -0.1) is 0 Å². The summed E-state index contributed by atoms with van der Waals surface area (Å²) in [5.41, 5.74) is -0.902. The van der Waals surface area contributed by atoms with E-state index in [1.807, 2.05) is 12.1 Å². The molecule has 3 rings (SSSR count). The number of furan rings is 1. The fourth-order valence-corrected chi connectivity index (χ4v) is 3.49. The van der Waals surface area contributed by atoms with Crippen molar-refractivity contribution in [1.82, 2.24) is 14.5 Å². The molecule has 1 saturated heterocycles. The number of nitrogens with zero attached hydrogens (tertiary/aromatic N) is 2. The Morgan fingerprint density at radius 2 is 2.04 bits per heavy atom. The van der Waals surface area contributed by atoms with Crippen LogP contribution in [0.5, 0.6) is 0 Å². The van der Waals surface area contributed by atoms with E-state index in [0.717, 1.165) is 16.5 Å². The summed E-state index contributed by atoms with van der Waals surface area (Å²) in [6.45, 7) is 1.11. The maximum atomic E-state index is 12.2. The fraction of sp³-hybridized carbons (Fsp3) is 0.375. The molecule has 1 aromatic carbocycles. The molecule has 1 unspecified atom stereocenters. The summed E-state index contributed by atoms with van der Waals surface area (Å²) >= 11 is 0. The minimum Gasteiger partial charge on any atom is -0.458 e. The quantitative estimate of drug-likeness (QED) is 0.817. The lowest BCUT2D eigenvalue weighted by atomic mass is 10.0. The number of urea groups is 2. The van der Waals surface area contributed by atoms with Gasteiger partial charge in [0.25, 0.3) is 0 Å². The van der Waals surface area contributed by atoms with Crippen molar-refractivity contribution in [3.8, 4) is 0 Å². The zero-order valence-corrected chi connectivity index (χ0v) is 15.1. The first kappa shape index (κ1) is 18.2. The van der Waals surface area contributed by atoms with E-state index in [9.17, 15) is 23.1 Å². The highest BCUT2D eigenvalue weighted by atomic mass is 32.2. The van der Waals surface area contributed by atoms with Crippen molar-refractivity contribution in [3.63, 3.8) is 0 Å². The molecule has 1 aromatic heterocycles. The topological polar surface area (TPSA) is 120 Å². The zero-order valence-electron chi connectivity index (χ0n) is 14.3. The highest BCUT2D eigenvalue weighted by Crippen LogP contribution is 2.27. The second kappa shape index (κ2) is 6.29. The molecule has 2 aromatic rings. The maximum absolute atomic E-state index is 12.2. The van der Waals surface area contributed by atoms with Gasteiger partial charge in [-0.25, -0.2) is 27.2 Å². The molecule has 9 nitrogen and oxygen atoms in total. The summed E-state index contributed by atoms with van der Waals surface area (Å²) in [6, 6.07) is 7.22. The number of fused-ring (bicyclic) bond motifs is 1. The van der Waals surface area contributed by atoms with Crippen LogP contribution in [-0.4, -0.2) is 60.7 Å². The number of para-hydroxylation sites is 1. The summed E-state index contributed by atoms with van der Waals surface area (Å²) in [6.07, 6.45) is 0.901. The van der Waals surface area contributed by atoms with Crippen molar-refractivity contribution in [2.45, 2.75) is 12.5 Å². The Kier molecular flexibility index (Phi) is 4.41. The number of rotatable bonds is 4. The Labute approximate surface area is 150 Å². The lowest BCUT2D eigenvalue weighted by Gasteiger charge is -2.23. The van der Waals surface area contributed by atoms with Gasteiger partial charge in [-0.1, -0.05) is 18.2 Å². The third kappa shape index (κ3) is 3.37. The van der Waals surface area contributed by atoms with Gasteiger partial charge in [-0.05, 0) is 19.1 Å². The van der Waals surface area contributed by atoms with E-state index in [1.54, 1.807) is 18.2 Å². The number of imide groups is 1. The number of amides is 4. The summed E-state index contributed by atoms with van der Waals surface area (Å²) in [5, 5.41) is 13.9. The standard InChI is InChI=1S/C16H19N3O6S/c1-16(22,13-9-11-5-3-4-6-12(11)25-13)10-17-14(20)18-7-8-19(15(18)21)26(2,23)24/h3-6,9,22H,7-8,10H2,1-2H3,(H,17,20). The molecule has 140 valence electrons. The molecule has 1 aliphatic heterocycles. The zero-order chi connectivity index (χ0) is 19.1. The number of carbonyl (C=O) groups is 2. The molecule has 4 amide bonds. The minimum atomic E-state index is -3.72. The first-order valence-electron chi connectivity index (χ1n) is 7.88. The number of carbonyl (C=O) groups excluding carboxylic acids is 2. The molecule has 0 radical (unpaired) electrons. The predicted molar refractivity (Wildman–Crippen MR) is 92.8 cm³/mol. The van der Waals surface area contributed by atoms with Crippen molar-refractivity contribution >= 4 is 33.1 Å². The minimum absolute atomic E-state index is 0.0511. The molecule has 1 aliphatic rings. The van der Waals surface area contributed by atoms with E-state index in [0.29, 0.717) is 9.89 Å². The van der Waals surface area contributed by atoms with Crippen LogP contribution in [0.15, 0.2) is 34.7 Å². The summed E-state index contributed by atoms with van der Waals surface area (Å²) < 4.78 is 29.2. The number of aliphatic hydroxyl groups is 1. The van der Waals surface area contributed by atoms with Crippen LogP contribution in [0.25, 0.3) is 11.0 Å². The van der Waals surface area contributed by atoms with Gasteiger partial charge in [0.05, 0.1) is 25.9 Å². The first-order valence-corrected chi connectivity index (χ1v) is 9.73. The van der Waals surface area contributed by atoms with Gasteiger partial charge < -0.3 is 14.8 Å². The summed E-state index contributed by atoms with van der Waals surface area (Å²) in [5.74, 6) is 0.268. The molecule has 0 saturated carbocycles. The van der Waals surface area contributed by atoms with Crippen LogP contribution in [0.4, 0.5) is 9.59 Å². The number of nitrogens with one attached hydrogen (secondary N) is 1. The normalized spacial score (nSPS) is 17.6. The Morgan fingerprint density at radius 1 is 1.35 bits per heavy atom. The highest BCUT2D eigenvalue weighted by Gasteiger charge is 2.39. The predicted octanol–water partition coefficient (Wildman–Crippen LogP) is 1.05. The molecule has 10 heteroatoms. The smallest absolute Gasteiger partial charge is 0.341 e. The maximum Gasteiger partial charge on any atom is 0.341 e. The van der Waals surface area contributed by atoms with Crippen molar-refractivity contribution in [2.75, 3.05) is 25.9 Å². The van der Waals surface area contributed by atoms with E-state index in [4.69, 9.17) is 4.42 Å². The number of hydrogen-bond acceptors (Lipinski definition) is 6. The molecular weight excluding hydrogens is 362 g/mol. The number of benzene rings is 1. The Balaban J connectivity index is 1.68. The third-order valence-electron chi connectivity index (χ3n) is 4.16. The van der Waals surface area contributed by atoms with E-state index in [-0.39, 0.29) is 25.4 Å². The Hall–Kier alpha value is -2.59. The van der Waals surface area contributed by atoms with E-state index in [1.165, 1.54) is 6.92 Å². The van der Waals surface area contributed by atoms with Gasteiger partial charge in [0.15, 0.2) is 0 Å². The number of hydrogen-bond donors (Lipinski definition) is 2. The lowest BCUT2D eigenvalue weighted by Crippen LogP contribution is -2.47. The van der Waals surface area contributed by atoms with Gasteiger partial charge in [0, 0.05) is 5.39 Å². The molecule has 26 heavy (non-hydrogen) atoms. The monoisotopic (exact) mass is 381 g/mol. The Bertz CT molecular complexity index is 932. The van der Waals surface area contributed by atoms with Crippen LogP contribution >= 0.6 is 0 Å². The summed E-state index contributed by atoms with van der Waals surface area (Å²) in [4.78, 5) is 25.0. The summed E-state index contributed by atoms with van der Waals surface area (Å²) in [7, 11) is -3.72. The van der Waals surface area contributed by atoms with Crippen LogP contribution in [0, 0.1) is 0 Å².